The fraction of sp³-hybridized carbons (Fsp3) is 0.400. The summed E-state index contributed by atoms with van der Waals surface area (Å²) in [7, 11) is 0. The van der Waals surface area contributed by atoms with Crippen molar-refractivity contribution in [3.8, 4) is 0 Å². The molecule has 1 spiro atoms. The Morgan fingerprint density at radius 2 is 1.81 bits per heavy atom. The Labute approximate surface area is 126 Å². The number of benzene rings is 2. The zero-order valence-corrected chi connectivity index (χ0v) is 12.5. The number of hydrogen-bond acceptors (Lipinski definition) is 0. The van der Waals surface area contributed by atoms with Gasteiger partial charge in [-0.15, -0.1) is 0 Å². The molecule has 2 aromatic carbocycles. The lowest BCUT2D eigenvalue weighted by Crippen LogP contribution is -2.42. The summed E-state index contributed by atoms with van der Waals surface area (Å²) < 4.78 is 1.39. The summed E-state index contributed by atoms with van der Waals surface area (Å²) in [5.74, 6) is 0.816. The summed E-state index contributed by atoms with van der Waals surface area (Å²) >= 11 is 0. The molecule has 21 heavy (non-hydrogen) atoms. The fourth-order valence-corrected chi connectivity index (χ4v) is 5.01. The molecule has 0 aromatic heterocycles. The Balaban J connectivity index is 1.63. The van der Waals surface area contributed by atoms with E-state index in [1.807, 2.05) is 0 Å². The third-order valence-corrected chi connectivity index (χ3v) is 6.02. The van der Waals surface area contributed by atoms with Gasteiger partial charge in [-0.25, -0.2) is 0 Å². The zero-order valence-electron chi connectivity index (χ0n) is 12.5. The molecule has 2 aromatic rings. The van der Waals surface area contributed by atoms with Crippen LogP contribution in [0.15, 0.2) is 42.0 Å². The van der Waals surface area contributed by atoms with Gasteiger partial charge < -0.3 is 4.48 Å². The fourth-order valence-electron chi connectivity index (χ4n) is 5.01. The molecule has 1 aliphatic carbocycles. The van der Waals surface area contributed by atoms with Crippen molar-refractivity contribution in [2.75, 3.05) is 26.2 Å². The minimum absolute atomic E-state index is 0.816. The van der Waals surface area contributed by atoms with Crippen LogP contribution in [-0.2, 0) is 6.42 Å². The van der Waals surface area contributed by atoms with Crippen LogP contribution in [0.3, 0.4) is 0 Å². The third-order valence-electron chi connectivity index (χ3n) is 6.02. The first kappa shape index (κ1) is 12.0. The quantitative estimate of drug-likeness (QED) is 0.638. The maximum Gasteiger partial charge on any atom is 0.101 e. The molecule has 1 heteroatoms. The molecule has 2 heterocycles. The molecule has 0 N–H and O–H groups in total. The largest absolute Gasteiger partial charge is 0.320 e. The molecule has 0 bridgehead atoms. The third kappa shape index (κ3) is 1.74. The predicted molar refractivity (Wildman–Crippen MR) is 88.1 cm³/mol. The molecule has 1 atom stereocenters. The molecule has 2 aliphatic heterocycles. The average molecular weight is 276 g/mol. The van der Waals surface area contributed by atoms with E-state index in [9.17, 15) is 0 Å². The van der Waals surface area contributed by atoms with Gasteiger partial charge in [-0.2, -0.15) is 0 Å². The highest BCUT2D eigenvalue weighted by molar-refractivity contribution is 5.93. The van der Waals surface area contributed by atoms with Crippen molar-refractivity contribution in [3.05, 3.63) is 53.1 Å². The normalized spacial score (nSPS) is 25.9. The number of rotatable bonds is 0. The summed E-state index contributed by atoms with van der Waals surface area (Å²) in [5, 5.41) is 2.83. The summed E-state index contributed by atoms with van der Waals surface area (Å²) in [4.78, 5) is 0. The van der Waals surface area contributed by atoms with Gasteiger partial charge in [0.05, 0.1) is 19.6 Å². The molecule has 2 saturated heterocycles. The van der Waals surface area contributed by atoms with Gasteiger partial charge in [-0.3, -0.25) is 0 Å². The van der Waals surface area contributed by atoms with Crippen LogP contribution in [0.2, 0.25) is 0 Å². The van der Waals surface area contributed by atoms with E-state index in [0.29, 0.717) is 0 Å². The van der Waals surface area contributed by atoms with Crippen LogP contribution in [0.25, 0.3) is 16.8 Å². The average Bonchev–Trinajstić information content (AvgIpc) is 3.11. The standard InChI is InChI=1S/C20H22N/c1-2-6-19-15(5-1)7-8-16-11-17-13-21(9-3-4-10-21)14-18(17)12-20(16)19/h1-2,5-8,12,17H,3-4,9-11,13-14H2/q+1/t17-/m1/s1. The van der Waals surface area contributed by atoms with E-state index in [-0.39, 0.29) is 0 Å². The second kappa shape index (κ2) is 4.20. The SMILES string of the molecule is C1=C2C[N+]3(CCCC3)C[C@H]2Cc2ccc3ccccc3c21. The van der Waals surface area contributed by atoms with Crippen molar-refractivity contribution in [3.63, 3.8) is 0 Å². The second-order valence-corrected chi connectivity index (χ2v) is 7.32. The van der Waals surface area contributed by atoms with Gasteiger partial charge in [0.2, 0.25) is 0 Å². The molecule has 1 nitrogen and oxygen atoms in total. The Kier molecular flexibility index (Phi) is 2.40. The molecule has 106 valence electrons. The zero-order chi connectivity index (χ0) is 13.9. The Hall–Kier alpha value is -1.60. The lowest BCUT2D eigenvalue weighted by molar-refractivity contribution is -0.904. The van der Waals surface area contributed by atoms with Crippen LogP contribution in [0.4, 0.5) is 0 Å². The first-order valence-corrected chi connectivity index (χ1v) is 8.39. The molecular weight excluding hydrogens is 254 g/mol. The van der Waals surface area contributed by atoms with Crippen molar-refractivity contribution in [2.24, 2.45) is 5.92 Å². The summed E-state index contributed by atoms with van der Waals surface area (Å²) in [5.41, 5.74) is 4.82. The monoisotopic (exact) mass is 276 g/mol. The van der Waals surface area contributed by atoms with Crippen LogP contribution < -0.4 is 0 Å². The molecule has 0 amide bonds. The molecule has 0 unspecified atom stereocenters. The number of quaternary nitrogens is 1. The number of nitrogens with zero attached hydrogens (tertiary/aromatic N) is 1. The summed E-state index contributed by atoms with van der Waals surface area (Å²) in [6, 6.07) is 13.5. The summed E-state index contributed by atoms with van der Waals surface area (Å²) in [6.07, 6.45) is 6.70. The number of hydrogen-bond donors (Lipinski definition) is 0. The van der Waals surface area contributed by atoms with E-state index in [1.54, 1.807) is 11.1 Å². The summed E-state index contributed by atoms with van der Waals surface area (Å²) in [6.45, 7) is 5.57. The van der Waals surface area contributed by atoms with Gasteiger partial charge >= 0.3 is 0 Å². The van der Waals surface area contributed by atoms with Gasteiger partial charge in [0.15, 0.2) is 0 Å². The van der Waals surface area contributed by atoms with E-state index in [1.165, 1.54) is 66.3 Å². The molecular formula is C20H22N+. The molecule has 2 fully saturated rings. The van der Waals surface area contributed by atoms with E-state index < -0.39 is 0 Å². The van der Waals surface area contributed by atoms with Crippen molar-refractivity contribution in [1.82, 2.24) is 0 Å². The maximum absolute atomic E-state index is 2.55. The van der Waals surface area contributed by atoms with E-state index >= 15 is 0 Å². The molecule has 0 saturated carbocycles. The molecule has 5 rings (SSSR count). The van der Waals surface area contributed by atoms with Crippen LogP contribution >= 0.6 is 0 Å². The lowest BCUT2D eigenvalue weighted by Gasteiger charge is -2.28. The molecule has 3 aliphatic rings. The van der Waals surface area contributed by atoms with E-state index in [0.717, 1.165) is 5.92 Å². The van der Waals surface area contributed by atoms with Gasteiger partial charge in [-0.05, 0) is 40.0 Å². The highest BCUT2D eigenvalue weighted by atomic mass is 15.4. The predicted octanol–water partition coefficient (Wildman–Crippen LogP) is 4.02. The van der Waals surface area contributed by atoms with Crippen molar-refractivity contribution in [1.29, 1.82) is 0 Å². The van der Waals surface area contributed by atoms with Crippen LogP contribution in [0.5, 0.6) is 0 Å². The molecule has 0 radical (unpaired) electrons. The highest BCUT2D eigenvalue weighted by Crippen LogP contribution is 2.41. The first-order chi connectivity index (χ1) is 10.3. The number of fused-ring (bicyclic) bond motifs is 4. The second-order valence-electron chi connectivity index (χ2n) is 7.32. The Morgan fingerprint density at radius 1 is 0.952 bits per heavy atom. The first-order valence-electron chi connectivity index (χ1n) is 8.39. The minimum Gasteiger partial charge on any atom is -0.320 e. The Bertz CT molecular complexity index is 750. The van der Waals surface area contributed by atoms with Gasteiger partial charge in [-0.1, -0.05) is 36.4 Å². The Morgan fingerprint density at radius 3 is 2.71 bits per heavy atom. The smallest absolute Gasteiger partial charge is 0.101 e. The van der Waals surface area contributed by atoms with Crippen molar-refractivity contribution in [2.45, 2.75) is 19.3 Å². The minimum atomic E-state index is 0.816. The van der Waals surface area contributed by atoms with E-state index in [4.69, 9.17) is 0 Å². The van der Waals surface area contributed by atoms with E-state index in [2.05, 4.69) is 42.5 Å². The van der Waals surface area contributed by atoms with Gasteiger partial charge in [0.25, 0.3) is 0 Å². The van der Waals surface area contributed by atoms with Crippen molar-refractivity contribution >= 4 is 16.8 Å². The van der Waals surface area contributed by atoms with Crippen molar-refractivity contribution < 1.29 is 4.48 Å². The lowest BCUT2D eigenvalue weighted by atomic mass is 9.83. The van der Waals surface area contributed by atoms with Crippen LogP contribution in [0, 0.1) is 5.92 Å². The van der Waals surface area contributed by atoms with Gasteiger partial charge in [0.1, 0.15) is 6.54 Å². The topological polar surface area (TPSA) is 0 Å². The van der Waals surface area contributed by atoms with Crippen LogP contribution in [0.1, 0.15) is 24.0 Å². The van der Waals surface area contributed by atoms with Crippen LogP contribution in [-0.4, -0.2) is 30.7 Å². The van der Waals surface area contributed by atoms with Gasteiger partial charge in [0, 0.05) is 18.8 Å². The maximum atomic E-state index is 2.55. The highest BCUT2D eigenvalue weighted by Gasteiger charge is 2.44.